The molecule has 2 rings (SSSR count). The van der Waals surface area contributed by atoms with Gasteiger partial charge in [-0.3, -0.25) is 4.90 Å². The summed E-state index contributed by atoms with van der Waals surface area (Å²) in [5, 5.41) is 9.54. The largest absolute Gasteiger partial charge is 0.396 e. The number of benzene rings is 1. The number of aliphatic hydroxyl groups is 1. The zero-order chi connectivity index (χ0) is 14.6. The summed E-state index contributed by atoms with van der Waals surface area (Å²) in [6, 6.07) is 8.75. The Morgan fingerprint density at radius 1 is 1.20 bits per heavy atom. The van der Waals surface area contributed by atoms with Gasteiger partial charge in [0.1, 0.15) is 0 Å². The molecule has 1 N–H and O–H groups in total. The molecule has 1 aromatic carbocycles. The summed E-state index contributed by atoms with van der Waals surface area (Å²) in [7, 11) is 0. The van der Waals surface area contributed by atoms with Gasteiger partial charge in [0.05, 0.1) is 0 Å². The van der Waals surface area contributed by atoms with Gasteiger partial charge in [-0.1, -0.05) is 26.0 Å². The van der Waals surface area contributed by atoms with E-state index < -0.39 is 0 Å². The van der Waals surface area contributed by atoms with E-state index in [2.05, 4.69) is 54.8 Å². The highest BCUT2D eigenvalue weighted by molar-refractivity contribution is 5.48. The minimum atomic E-state index is 0.0471. The van der Waals surface area contributed by atoms with Crippen molar-refractivity contribution < 1.29 is 5.11 Å². The van der Waals surface area contributed by atoms with Crippen LogP contribution in [0.5, 0.6) is 0 Å². The first-order chi connectivity index (χ1) is 9.56. The number of aryl methyl sites for hydroxylation is 1. The molecule has 0 saturated carbocycles. The van der Waals surface area contributed by atoms with Crippen molar-refractivity contribution in [2.75, 3.05) is 44.2 Å². The van der Waals surface area contributed by atoms with Crippen molar-refractivity contribution in [2.24, 2.45) is 5.41 Å². The normalized spacial score (nSPS) is 19.9. The lowest BCUT2D eigenvalue weighted by molar-refractivity contribution is 0.0818. The Labute approximate surface area is 123 Å². The molecule has 0 aliphatic carbocycles. The molecule has 0 bridgehead atoms. The van der Waals surface area contributed by atoms with Gasteiger partial charge in [0.2, 0.25) is 0 Å². The number of aliphatic hydroxyl groups excluding tert-OH is 1. The Hall–Kier alpha value is -1.06. The highest BCUT2D eigenvalue weighted by Crippen LogP contribution is 2.23. The summed E-state index contributed by atoms with van der Waals surface area (Å²) in [4.78, 5) is 4.96. The molecule has 1 fully saturated rings. The highest BCUT2D eigenvalue weighted by Gasteiger charge is 2.26. The number of nitrogens with zero attached hydrogens (tertiary/aromatic N) is 2. The molecule has 1 saturated heterocycles. The molecule has 1 unspecified atom stereocenters. The predicted molar refractivity (Wildman–Crippen MR) is 85.3 cm³/mol. The first kappa shape index (κ1) is 15.3. The maximum Gasteiger partial charge on any atom is 0.0496 e. The summed E-state index contributed by atoms with van der Waals surface area (Å²) in [6.45, 7) is 12.1. The standard InChI is InChI=1S/C17H28N2O/c1-4-17(3,14-20)13-18-8-10-19(11-9-18)16-7-5-6-15(2)12-16/h5-7,12,20H,4,8-11,13-14H2,1-3H3. The van der Waals surface area contributed by atoms with Crippen LogP contribution in [0.4, 0.5) is 5.69 Å². The second-order valence-electron chi connectivity index (χ2n) is 6.42. The number of rotatable bonds is 5. The molecule has 20 heavy (non-hydrogen) atoms. The monoisotopic (exact) mass is 276 g/mol. The van der Waals surface area contributed by atoms with Gasteiger partial charge in [-0.25, -0.2) is 0 Å². The zero-order valence-corrected chi connectivity index (χ0v) is 13.1. The van der Waals surface area contributed by atoms with E-state index in [0.29, 0.717) is 0 Å². The third kappa shape index (κ3) is 3.74. The van der Waals surface area contributed by atoms with E-state index in [1.165, 1.54) is 11.3 Å². The summed E-state index contributed by atoms with van der Waals surface area (Å²) in [5.74, 6) is 0. The van der Waals surface area contributed by atoms with Crippen LogP contribution in [0.15, 0.2) is 24.3 Å². The second-order valence-corrected chi connectivity index (χ2v) is 6.42. The van der Waals surface area contributed by atoms with Crippen LogP contribution in [-0.2, 0) is 0 Å². The topological polar surface area (TPSA) is 26.7 Å². The average Bonchev–Trinajstić information content (AvgIpc) is 2.48. The summed E-state index contributed by atoms with van der Waals surface area (Å²) in [6.07, 6.45) is 1.03. The van der Waals surface area contributed by atoms with Crippen LogP contribution in [0.1, 0.15) is 25.8 Å². The smallest absolute Gasteiger partial charge is 0.0496 e. The number of hydrogen-bond acceptors (Lipinski definition) is 3. The molecule has 1 atom stereocenters. The lowest BCUT2D eigenvalue weighted by atomic mass is 9.88. The Kier molecular flexibility index (Phi) is 5.06. The second kappa shape index (κ2) is 6.59. The van der Waals surface area contributed by atoms with Gasteiger partial charge in [0, 0.05) is 50.4 Å². The van der Waals surface area contributed by atoms with Gasteiger partial charge in [-0.05, 0) is 31.0 Å². The van der Waals surface area contributed by atoms with Crippen molar-refractivity contribution in [1.29, 1.82) is 0 Å². The molecule has 1 aromatic rings. The van der Waals surface area contributed by atoms with Crippen molar-refractivity contribution >= 4 is 5.69 Å². The molecule has 0 radical (unpaired) electrons. The molecular weight excluding hydrogens is 248 g/mol. The SMILES string of the molecule is CCC(C)(CO)CN1CCN(c2cccc(C)c2)CC1. The summed E-state index contributed by atoms with van der Waals surface area (Å²) < 4.78 is 0. The van der Waals surface area contributed by atoms with Crippen LogP contribution >= 0.6 is 0 Å². The van der Waals surface area contributed by atoms with Crippen molar-refractivity contribution in [2.45, 2.75) is 27.2 Å². The van der Waals surface area contributed by atoms with Crippen LogP contribution in [0.3, 0.4) is 0 Å². The van der Waals surface area contributed by atoms with Crippen LogP contribution in [-0.4, -0.2) is 49.3 Å². The van der Waals surface area contributed by atoms with Crippen LogP contribution in [0, 0.1) is 12.3 Å². The van der Waals surface area contributed by atoms with E-state index in [4.69, 9.17) is 0 Å². The fourth-order valence-corrected chi connectivity index (χ4v) is 2.80. The Morgan fingerprint density at radius 3 is 2.45 bits per heavy atom. The van der Waals surface area contributed by atoms with Gasteiger partial charge in [-0.15, -0.1) is 0 Å². The fourth-order valence-electron chi connectivity index (χ4n) is 2.80. The summed E-state index contributed by atoms with van der Waals surface area (Å²) in [5.41, 5.74) is 2.71. The molecule has 0 aromatic heterocycles. The Bertz CT molecular complexity index is 421. The van der Waals surface area contributed by atoms with E-state index in [9.17, 15) is 5.11 Å². The molecule has 1 heterocycles. The van der Waals surface area contributed by atoms with E-state index in [1.54, 1.807) is 0 Å². The van der Waals surface area contributed by atoms with Crippen molar-refractivity contribution in [3.05, 3.63) is 29.8 Å². The first-order valence-corrected chi connectivity index (χ1v) is 7.71. The van der Waals surface area contributed by atoms with E-state index in [0.717, 1.165) is 39.1 Å². The van der Waals surface area contributed by atoms with Gasteiger partial charge in [0.15, 0.2) is 0 Å². The molecule has 0 spiro atoms. The minimum Gasteiger partial charge on any atom is -0.396 e. The van der Waals surface area contributed by atoms with Crippen LogP contribution < -0.4 is 4.90 Å². The first-order valence-electron chi connectivity index (χ1n) is 7.71. The third-order valence-corrected chi connectivity index (χ3v) is 4.58. The minimum absolute atomic E-state index is 0.0471. The highest BCUT2D eigenvalue weighted by atomic mass is 16.3. The maximum atomic E-state index is 9.54. The predicted octanol–water partition coefficient (Wildman–Crippen LogP) is 2.53. The Morgan fingerprint density at radius 2 is 1.90 bits per heavy atom. The molecule has 1 aliphatic heterocycles. The summed E-state index contributed by atoms with van der Waals surface area (Å²) >= 11 is 0. The fraction of sp³-hybridized carbons (Fsp3) is 0.647. The maximum absolute atomic E-state index is 9.54. The van der Waals surface area contributed by atoms with Crippen molar-refractivity contribution in [1.82, 2.24) is 4.90 Å². The van der Waals surface area contributed by atoms with Crippen LogP contribution in [0.2, 0.25) is 0 Å². The van der Waals surface area contributed by atoms with Crippen molar-refractivity contribution in [3.63, 3.8) is 0 Å². The number of hydrogen-bond donors (Lipinski definition) is 1. The third-order valence-electron chi connectivity index (χ3n) is 4.58. The average molecular weight is 276 g/mol. The van der Waals surface area contributed by atoms with Gasteiger partial charge >= 0.3 is 0 Å². The van der Waals surface area contributed by atoms with E-state index >= 15 is 0 Å². The molecule has 1 aliphatic rings. The van der Waals surface area contributed by atoms with Gasteiger partial charge in [0.25, 0.3) is 0 Å². The Balaban J connectivity index is 1.89. The quantitative estimate of drug-likeness (QED) is 0.895. The van der Waals surface area contributed by atoms with E-state index in [-0.39, 0.29) is 12.0 Å². The molecular formula is C17H28N2O. The van der Waals surface area contributed by atoms with Gasteiger partial charge < -0.3 is 10.0 Å². The van der Waals surface area contributed by atoms with Gasteiger partial charge in [-0.2, -0.15) is 0 Å². The lowest BCUT2D eigenvalue weighted by Gasteiger charge is -2.40. The molecule has 3 nitrogen and oxygen atoms in total. The molecule has 0 amide bonds. The zero-order valence-electron chi connectivity index (χ0n) is 13.1. The molecule has 3 heteroatoms. The van der Waals surface area contributed by atoms with E-state index in [1.807, 2.05) is 0 Å². The number of anilines is 1. The van der Waals surface area contributed by atoms with Crippen molar-refractivity contribution in [3.8, 4) is 0 Å². The van der Waals surface area contributed by atoms with Crippen LogP contribution in [0.25, 0.3) is 0 Å². The molecule has 112 valence electrons. The number of piperazine rings is 1. The lowest BCUT2D eigenvalue weighted by Crippen LogP contribution is -2.50.